The molecule has 0 heterocycles. The molecular weight excluding hydrogens is 366 g/mol. The number of rotatable bonds is 11. The lowest BCUT2D eigenvalue weighted by atomic mass is 10.2. The van der Waals surface area contributed by atoms with Crippen molar-refractivity contribution in [2.45, 2.75) is 46.0 Å². The monoisotopic (exact) mass is 395 g/mol. The molecule has 29 heavy (non-hydrogen) atoms. The highest BCUT2D eigenvalue weighted by molar-refractivity contribution is 5.96. The molecule has 0 atom stereocenters. The third-order valence-corrected chi connectivity index (χ3v) is 4.18. The van der Waals surface area contributed by atoms with Crippen molar-refractivity contribution >= 4 is 23.7 Å². The summed E-state index contributed by atoms with van der Waals surface area (Å²) in [5.41, 5.74) is 4.50. The average Bonchev–Trinajstić information content (AvgIpc) is 2.73. The van der Waals surface area contributed by atoms with E-state index in [4.69, 9.17) is 4.74 Å². The van der Waals surface area contributed by atoms with Crippen LogP contribution in [0.25, 0.3) is 0 Å². The Morgan fingerprint density at radius 1 is 0.966 bits per heavy atom. The lowest BCUT2D eigenvalue weighted by Crippen LogP contribution is -2.17. The van der Waals surface area contributed by atoms with Gasteiger partial charge in [-0.05, 0) is 66.9 Å². The van der Waals surface area contributed by atoms with E-state index in [0.717, 1.165) is 30.8 Å². The van der Waals surface area contributed by atoms with Gasteiger partial charge in [0.1, 0.15) is 5.75 Å². The smallest absolute Gasteiger partial charge is 0.271 e. The first-order valence-corrected chi connectivity index (χ1v) is 10.1. The summed E-state index contributed by atoms with van der Waals surface area (Å²) in [5, 5.41) is 6.78. The van der Waals surface area contributed by atoms with Crippen LogP contribution in [0, 0.1) is 0 Å². The molecule has 0 aliphatic rings. The fourth-order valence-corrected chi connectivity index (χ4v) is 2.58. The first-order valence-electron chi connectivity index (χ1n) is 10.1. The highest BCUT2D eigenvalue weighted by Crippen LogP contribution is 2.12. The van der Waals surface area contributed by atoms with E-state index in [-0.39, 0.29) is 11.8 Å². The molecule has 0 spiro atoms. The molecule has 0 unspecified atom stereocenters. The van der Waals surface area contributed by atoms with Crippen LogP contribution in [0.3, 0.4) is 0 Å². The summed E-state index contributed by atoms with van der Waals surface area (Å²) in [7, 11) is 0. The molecule has 0 saturated carbocycles. The maximum atomic E-state index is 12.2. The lowest BCUT2D eigenvalue weighted by molar-refractivity contribution is -0.116. The van der Waals surface area contributed by atoms with Crippen molar-refractivity contribution in [1.29, 1.82) is 0 Å². The summed E-state index contributed by atoms with van der Waals surface area (Å²) in [5.74, 6) is 0.476. The second-order valence-electron chi connectivity index (χ2n) is 6.70. The number of hydrogen-bond acceptors (Lipinski definition) is 4. The first-order chi connectivity index (χ1) is 14.1. The van der Waals surface area contributed by atoms with Crippen LogP contribution in [-0.4, -0.2) is 24.6 Å². The summed E-state index contributed by atoms with van der Waals surface area (Å²) in [4.78, 5) is 23.8. The standard InChI is InChI=1S/C23H29N3O3/c1-3-5-6-16-29-21-14-8-18(9-15-21)17-24-26-23(28)19-10-12-20(13-11-19)25-22(27)7-4-2/h8-15,17H,3-7,16H2,1-2H3,(H,25,27)(H,26,28)/b24-17+. The third kappa shape index (κ3) is 8.17. The van der Waals surface area contributed by atoms with Gasteiger partial charge in [-0.2, -0.15) is 5.10 Å². The SMILES string of the molecule is CCCCCOc1ccc(/C=N/NC(=O)c2ccc(NC(=O)CCC)cc2)cc1. The third-order valence-electron chi connectivity index (χ3n) is 4.18. The Hall–Kier alpha value is -3.15. The van der Waals surface area contributed by atoms with Crippen LogP contribution >= 0.6 is 0 Å². The zero-order chi connectivity index (χ0) is 20.9. The molecule has 154 valence electrons. The fourth-order valence-electron chi connectivity index (χ4n) is 2.58. The Bertz CT molecular complexity index is 799. The van der Waals surface area contributed by atoms with Gasteiger partial charge in [-0.25, -0.2) is 5.43 Å². The number of hydrogen-bond donors (Lipinski definition) is 2. The quantitative estimate of drug-likeness (QED) is 0.327. The van der Waals surface area contributed by atoms with Crippen molar-refractivity contribution < 1.29 is 14.3 Å². The summed E-state index contributed by atoms with van der Waals surface area (Å²) in [6.45, 7) is 4.83. The van der Waals surface area contributed by atoms with Gasteiger partial charge >= 0.3 is 0 Å². The molecule has 0 saturated heterocycles. The number of carbonyl (C=O) groups is 2. The van der Waals surface area contributed by atoms with Crippen molar-refractivity contribution in [2.75, 3.05) is 11.9 Å². The maximum absolute atomic E-state index is 12.2. The summed E-state index contributed by atoms with van der Waals surface area (Å²) in [6.07, 6.45) is 6.24. The van der Waals surface area contributed by atoms with Gasteiger partial charge in [-0.1, -0.05) is 26.7 Å². The van der Waals surface area contributed by atoms with Crippen LogP contribution in [0.15, 0.2) is 53.6 Å². The molecule has 0 aliphatic carbocycles. The number of carbonyl (C=O) groups excluding carboxylic acids is 2. The molecule has 0 aromatic heterocycles. The number of ether oxygens (including phenoxy) is 1. The Kier molecular flexibility index (Phi) is 9.42. The molecule has 2 rings (SSSR count). The van der Waals surface area contributed by atoms with Gasteiger partial charge in [0.25, 0.3) is 5.91 Å². The number of nitrogens with zero attached hydrogens (tertiary/aromatic N) is 1. The highest BCUT2D eigenvalue weighted by Gasteiger charge is 2.05. The molecule has 2 amide bonds. The van der Waals surface area contributed by atoms with Crippen LogP contribution in [0.4, 0.5) is 5.69 Å². The predicted octanol–water partition coefficient (Wildman–Crippen LogP) is 4.76. The number of unbranched alkanes of at least 4 members (excludes halogenated alkanes) is 2. The minimum atomic E-state index is -0.316. The molecule has 0 radical (unpaired) electrons. The Morgan fingerprint density at radius 3 is 2.34 bits per heavy atom. The first kappa shape index (κ1) is 22.1. The largest absolute Gasteiger partial charge is 0.494 e. The summed E-state index contributed by atoms with van der Waals surface area (Å²) < 4.78 is 5.67. The van der Waals surface area contributed by atoms with Crippen molar-refractivity contribution in [1.82, 2.24) is 5.43 Å². The number of anilines is 1. The zero-order valence-electron chi connectivity index (χ0n) is 17.1. The van der Waals surface area contributed by atoms with Crippen molar-refractivity contribution in [3.63, 3.8) is 0 Å². The van der Waals surface area contributed by atoms with E-state index in [2.05, 4.69) is 22.8 Å². The lowest BCUT2D eigenvalue weighted by Gasteiger charge is -2.06. The van der Waals surface area contributed by atoms with E-state index >= 15 is 0 Å². The second-order valence-corrected chi connectivity index (χ2v) is 6.70. The molecular formula is C23H29N3O3. The van der Waals surface area contributed by atoms with Gasteiger partial charge in [0.15, 0.2) is 0 Å². The van der Waals surface area contributed by atoms with Gasteiger partial charge in [0.2, 0.25) is 5.91 Å². The highest BCUT2D eigenvalue weighted by atomic mass is 16.5. The minimum absolute atomic E-state index is 0.0355. The summed E-state index contributed by atoms with van der Waals surface area (Å²) >= 11 is 0. The molecule has 6 nitrogen and oxygen atoms in total. The molecule has 0 aliphatic heterocycles. The predicted molar refractivity (Wildman–Crippen MR) is 117 cm³/mol. The van der Waals surface area contributed by atoms with Crippen LogP contribution in [0.1, 0.15) is 61.9 Å². The minimum Gasteiger partial charge on any atom is -0.494 e. The van der Waals surface area contributed by atoms with Gasteiger partial charge in [0, 0.05) is 17.7 Å². The molecule has 2 aromatic rings. The molecule has 0 fully saturated rings. The van der Waals surface area contributed by atoms with E-state index in [9.17, 15) is 9.59 Å². The Balaban J connectivity index is 1.80. The van der Waals surface area contributed by atoms with Crippen LogP contribution in [-0.2, 0) is 4.79 Å². The van der Waals surface area contributed by atoms with Crippen molar-refractivity contribution in [3.05, 3.63) is 59.7 Å². The Morgan fingerprint density at radius 2 is 1.69 bits per heavy atom. The van der Waals surface area contributed by atoms with Gasteiger partial charge in [-0.15, -0.1) is 0 Å². The summed E-state index contributed by atoms with van der Waals surface area (Å²) in [6, 6.07) is 14.3. The molecule has 6 heteroatoms. The Labute approximate surface area is 172 Å². The van der Waals surface area contributed by atoms with Gasteiger partial charge in [0.05, 0.1) is 12.8 Å². The number of hydrazone groups is 1. The van der Waals surface area contributed by atoms with Crippen molar-refractivity contribution in [2.24, 2.45) is 5.10 Å². The fraction of sp³-hybridized carbons (Fsp3) is 0.348. The van der Waals surface area contributed by atoms with E-state index in [0.29, 0.717) is 17.7 Å². The number of benzene rings is 2. The van der Waals surface area contributed by atoms with Crippen LogP contribution in [0.2, 0.25) is 0 Å². The molecule has 2 N–H and O–H groups in total. The number of amides is 2. The van der Waals surface area contributed by atoms with E-state index in [1.54, 1.807) is 30.5 Å². The topological polar surface area (TPSA) is 79.8 Å². The van der Waals surface area contributed by atoms with E-state index in [1.807, 2.05) is 31.2 Å². The van der Waals surface area contributed by atoms with Crippen LogP contribution < -0.4 is 15.5 Å². The normalized spacial score (nSPS) is 10.7. The number of nitrogens with one attached hydrogen (secondary N) is 2. The van der Waals surface area contributed by atoms with E-state index < -0.39 is 0 Å². The second kappa shape index (κ2) is 12.3. The van der Waals surface area contributed by atoms with Crippen LogP contribution in [0.5, 0.6) is 5.75 Å². The molecule has 2 aromatic carbocycles. The average molecular weight is 396 g/mol. The van der Waals surface area contributed by atoms with Crippen molar-refractivity contribution in [3.8, 4) is 5.75 Å². The molecule has 0 bridgehead atoms. The van der Waals surface area contributed by atoms with E-state index in [1.165, 1.54) is 12.8 Å². The van der Waals surface area contributed by atoms with Gasteiger partial charge < -0.3 is 10.1 Å². The van der Waals surface area contributed by atoms with Gasteiger partial charge in [-0.3, -0.25) is 9.59 Å². The maximum Gasteiger partial charge on any atom is 0.271 e. The zero-order valence-corrected chi connectivity index (χ0v) is 17.1.